The van der Waals surface area contributed by atoms with Crippen molar-refractivity contribution in [3.05, 3.63) is 29.8 Å². The van der Waals surface area contributed by atoms with Crippen molar-refractivity contribution in [1.29, 1.82) is 0 Å². The van der Waals surface area contributed by atoms with Crippen LogP contribution in [0, 0.1) is 5.92 Å². The molecule has 17 heavy (non-hydrogen) atoms. The normalized spacial score (nSPS) is 24.5. The first kappa shape index (κ1) is 11.1. The van der Waals surface area contributed by atoms with Crippen LogP contribution in [0.15, 0.2) is 24.3 Å². The summed E-state index contributed by atoms with van der Waals surface area (Å²) in [4.78, 5) is 2.60. The summed E-state index contributed by atoms with van der Waals surface area (Å²) in [6.07, 6.45) is 5.33. The minimum Gasteiger partial charge on any atom is -0.371 e. The average Bonchev–Trinajstić information content (AvgIpc) is 2.59. The molecule has 2 nitrogen and oxygen atoms in total. The summed E-state index contributed by atoms with van der Waals surface area (Å²) in [5, 5.41) is 3.50. The summed E-state index contributed by atoms with van der Waals surface area (Å²) in [7, 11) is 0. The molecule has 2 aliphatic heterocycles. The van der Waals surface area contributed by atoms with Crippen molar-refractivity contribution in [3.63, 3.8) is 0 Å². The number of rotatable bonds is 2. The van der Waals surface area contributed by atoms with E-state index in [1.807, 2.05) is 0 Å². The van der Waals surface area contributed by atoms with Gasteiger partial charge in [0.25, 0.3) is 0 Å². The summed E-state index contributed by atoms with van der Waals surface area (Å²) >= 11 is 0. The van der Waals surface area contributed by atoms with Crippen LogP contribution in [0.1, 0.15) is 24.8 Å². The monoisotopic (exact) mass is 230 g/mol. The van der Waals surface area contributed by atoms with Gasteiger partial charge >= 0.3 is 0 Å². The Labute approximate surface area is 104 Å². The minimum absolute atomic E-state index is 0.885. The maximum atomic E-state index is 3.50. The Morgan fingerprint density at radius 1 is 1.18 bits per heavy atom. The largest absolute Gasteiger partial charge is 0.371 e. The molecule has 1 N–H and O–H groups in total. The Hall–Kier alpha value is -1.02. The predicted octanol–water partition coefficient (Wildman–Crippen LogP) is 2.44. The molecule has 0 aromatic heterocycles. The molecule has 1 saturated heterocycles. The third-order valence-corrected chi connectivity index (χ3v) is 4.16. The zero-order chi connectivity index (χ0) is 11.5. The molecule has 0 bridgehead atoms. The lowest BCUT2D eigenvalue weighted by molar-refractivity contribution is 0.469. The van der Waals surface area contributed by atoms with E-state index >= 15 is 0 Å². The number of hydrogen-bond acceptors (Lipinski definition) is 2. The third kappa shape index (κ3) is 2.47. The van der Waals surface area contributed by atoms with Gasteiger partial charge in [0.05, 0.1) is 0 Å². The van der Waals surface area contributed by atoms with Crippen LogP contribution >= 0.6 is 0 Å². The maximum absolute atomic E-state index is 3.50. The summed E-state index contributed by atoms with van der Waals surface area (Å²) in [6.45, 7) is 4.91. The lowest BCUT2D eigenvalue weighted by Gasteiger charge is -2.25. The van der Waals surface area contributed by atoms with Crippen LogP contribution in [-0.4, -0.2) is 26.2 Å². The highest BCUT2D eigenvalue weighted by Crippen LogP contribution is 2.29. The zero-order valence-corrected chi connectivity index (χ0v) is 10.5. The number of nitrogens with zero attached hydrogens (tertiary/aromatic N) is 1. The fourth-order valence-electron chi connectivity index (χ4n) is 3.18. The van der Waals surface area contributed by atoms with Gasteiger partial charge in [-0.05, 0) is 56.3 Å². The van der Waals surface area contributed by atoms with Gasteiger partial charge in [0, 0.05) is 18.8 Å². The lowest BCUT2D eigenvalue weighted by atomic mass is 10.00. The molecule has 1 unspecified atom stereocenters. The molecule has 0 spiro atoms. The van der Waals surface area contributed by atoms with Gasteiger partial charge in [-0.2, -0.15) is 0 Å². The van der Waals surface area contributed by atoms with Crippen molar-refractivity contribution in [2.45, 2.75) is 25.7 Å². The molecule has 2 aliphatic rings. The van der Waals surface area contributed by atoms with Crippen LogP contribution in [-0.2, 0) is 6.42 Å². The van der Waals surface area contributed by atoms with Gasteiger partial charge in [-0.25, -0.2) is 0 Å². The molecular weight excluding hydrogens is 208 g/mol. The van der Waals surface area contributed by atoms with Crippen LogP contribution < -0.4 is 10.2 Å². The van der Waals surface area contributed by atoms with Crippen LogP contribution in [0.4, 0.5) is 5.69 Å². The number of fused-ring (bicyclic) bond motifs is 1. The van der Waals surface area contributed by atoms with E-state index in [2.05, 4.69) is 34.5 Å². The SMILES string of the molecule is c1ccc2c(c1)CCN2CC1CCCNCC1. The molecule has 3 rings (SSSR count). The quantitative estimate of drug-likeness (QED) is 0.839. The van der Waals surface area contributed by atoms with Gasteiger partial charge in [0.1, 0.15) is 0 Å². The Balaban J connectivity index is 1.66. The van der Waals surface area contributed by atoms with Crippen LogP contribution in [0.3, 0.4) is 0 Å². The van der Waals surface area contributed by atoms with Gasteiger partial charge in [-0.15, -0.1) is 0 Å². The Morgan fingerprint density at radius 3 is 3.12 bits per heavy atom. The Kier molecular flexibility index (Phi) is 3.32. The molecule has 1 aromatic rings. The molecular formula is C15H22N2. The molecule has 1 atom stereocenters. The van der Waals surface area contributed by atoms with Crippen molar-refractivity contribution in [1.82, 2.24) is 5.32 Å². The highest BCUT2D eigenvalue weighted by Gasteiger charge is 2.22. The van der Waals surface area contributed by atoms with E-state index in [4.69, 9.17) is 0 Å². The first-order chi connectivity index (χ1) is 8.43. The van der Waals surface area contributed by atoms with Crippen molar-refractivity contribution < 1.29 is 0 Å². The molecule has 2 heteroatoms. The number of hydrogen-bond donors (Lipinski definition) is 1. The van der Waals surface area contributed by atoms with Gasteiger partial charge in [-0.3, -0.25) is 0 Å². The smallest absolute Gasteiger partial charge is 0.0399 e. The number of anilines is 1. The zero-order valence-electron chi connectivity index (χ0n) is 10.5. The van der Waals surface area contributed by atoms with E-state index in [0.29, 0.717) is 0 Å². The summed E-state index contributed by atoms with van der Waals surface area (Å²) < 4.78 is 0. The lowest BCUT2D eigenvalue weighted by Crippen LogP contribution is -2.28. The first-order valence-corrected chi connectivity index (χ1v) is 6.97. The van der Waals surface area contributed by atoms with Gasteiger partial charge in [0.15, 0.2) is 0 Å². The highest BCUT2D eigenvalue weighted by atomic mass is 15.1. The van der Waals surface area contributed by atoms with Crippen molar-refractivity contribution in [2.75, 3.05) is 31.1 Å². The predicted molar refractivity (Wildman–Crippen MR) is 72.6 cm³/mol. The molecule has 0 radical (unpaired) electrons. The molecule has 0 saturated carbocycles. The summed E-state index contributed by atoms with van der Waals surface area (Å²) in [6, 6.07) is 8.91. The van der Waals surface area contributed by atoms with Crippen molar-refractivity contribution in [3.8, 4) is 0 Å². The third-order valence-electron chi connectivity index (χ3n) is 4.16. The van der Waals surface area contributed by atoms with E-state index in [1.54, 1.807) is 5.56 Å². The second kappa shape index (κ2) is 5.09. The van der Waals surface area contributed by atoms with Crippen molar-refractivity contribution >= 4 is 5.69 Å². The number of benzene rings is 1. The van der Waals surface area contributed by atoms with Crippen LogP contribution in [0.2, 0.25) is 0 Å². The van der Waals surface area contributed by atoms with E-state index in [0.717, 1.165) is 5.92 Å². The fourth-order valence-corrected chi connectivity index (χ4v) is 3.18. The molecule has 1 fully saturated rings. The fraction of sp³-hybridized carbons (Fsp3) is 0.600. The van der Waals surface area contributed by atoms with E-state index in [1.165, 1.54) is 57.5 Å². The first-order valence-electron chi connectivity index (χ1n) is 6.97. The Bertz CT molecular complexity index is 367. The second-order valence-corrected chi connectivity index (χ2v) is 5.37. The molecule has 0 aliphatic carbocycles. The van der Waals surface area contributed by atoms with E-state index < -0.39 is 0 Å². The topological polar surface area (TPSA) is 15.3 Å². The number of nitrogens with one attached hydrogen (secondary N) is 1. The standard InChI is InChI=1S/C15H22N2/c1-2-6-15-14(5-1)8-11-17(15)12-13-4-3-9-16-10-7-13/h1-2,5-6,13,16H,3-4,7-12H2. The average molecular weight is 230 g/mol. The second-order valence-electron chi connectivity index (χ2n) is 5.37. The van der Waals surface area contributed by atoms with Crippen LogP contribution in [0.25, 0.3) is 0 Å². The molecule has 92 valence electrons. The Morgan fingerprint density at radius 2 is 2.12 bits per heavy atom. The summed E-state index contributed by atoms with van der Waals surface area (Å²) in [5.74, 6) is 0.885. The van der Waals surface area contributed by atoms with Gasteiger partial charge in [0.2, 0.25) is 0 Å². The molecule has 1 aromatic carbocycles. The van der Waals surface area contributed by atoms with E-state index in [9.17, 15) is 0 Å². The molecule has 2 heterocycles. The van der Waals surface area contributed by atoms with E-state index in [-0.39, 0.29) is 0 Å². The van der Waals surface area contributed by atoms with Gasteiger partial charge in [-0.1, -0.05) is 18.2 Å². The van der Waals surface area contributed by atoms with Gasteiger partial charge < -0.3 is 10.2 Å². The van der Waals surface area contributed by atoms with Crippen LogP contribution in [0.5, 0.6) is 0 Å². The highest BCUT2D eigenvalue weighted by molar-refractivity contribution is 5.57. The van der Waals surface area contributed by atoms with Crippen molar-refractivity contribution in [2.24, 2.45) is 5.92 Å². The summed E-state index contributed by atoms with van der Waals surface area (Å²) in [5.41, 5.74) is 3.03. The maximum Gasteiger partial charge on any atom is 0.0399 e. The molecule has 0 amide bonds. The minimum atomic E-state index is 0.885. The number of para-hydroxylation sites is 1.